The van der Waals surface area contributed by atoms with Gasteiger partial charge < -0.3 is 10.5 Å². The van der Waals surface area contributed by atoms with Crippen molar-refractivity contribution in [3.05, 3.63) is 32.8 Å². The molecule has 6 heteroatoms. The molecule has 5 nitrogen and oxygen atoms in total. The first-order valence-electron chi connectivity index (χ1n) is 4.36. The molecule has 1 rings (SSSR count). The number of ether oxygens (including phenoxy) is 1. The van der Waals surface area contributed by atoms with E-state index in [0.717, 1.165) is 0 Å². The van der Waals surface area contributed by atoms with Crippen LogP contribution in [0.3, 0.4) is 0 Å². The molecule has 1 atom stereocenters. The van der Waals surface area contributed by atoms with Crippen LogP contribution in [-0.4, -0.2) is 17.6 Å². The summed E-state index contributed by atoms with van der Waals surface area (Å²) in [5.41, 5.74) is 5.38. The number of nitrogens with zero attached hydrogens (tertiary/aromatic N) is 1. The van der Waals surface area contributed by atoms with E-state index in [2.05, 4.69) is 15.9 Å². The Bertz CT molecular complexity index is 370. The monoisotopic (exact) mass is 274 g/mol. The standard InChI is InChI=1S/C9H11BrN2O3/c1-6(5-11)15-8-4-2-3-7(9(8)10)12(13)14/h2-4,6H,5,11H2,1H3. The number of hydrogen-bond donors (Lipinski definition) is 1. The fourth-order valence-corrected chi connectivity index (χ4v) is 1.50. The molecule has 82 valence electrons. The van der Waals surface area contributed by atoms with E-state index in [1.165, 1.54) is 6.07 Å². The summed E-state index contributed by atoms with van der Waals surface area (Å²) < 4.78 is 5.75. The van der Waals surface area contributed by atoms with Gasteiger partial charge in [-0.05, 0) is 28.9 Å². The van der Waals surface area contributed by atoms with Crippen molar-refractivity contribution < 1.29 is 9.66 Å². The van der Waals surface area contributed by atoms with Crippen LogP contribution in [0, 0.1) is 10.1 Å². The van der Waals surface area contributed by atoms with Gasteiger partial charge in [0.05, 0.1) is 4.92 Å². The highest BCUT2D eigenvalue weighted by Crippen LogP contribution is 2.34. The predicted octanol–water partition coefficient (Wildman–Crippen LogP) is 2.08. The van der Waals surface area contributed by atoms with Crippen molar-refractivity contribution >= 4 is 21.6 Å². The molecule has 15 heavy (non-hydrogen) atoms. The highest BCUT2D eigenvalue weighted by Gasteiger charge is 2.16. The smallest absolute Gasteiger partial charge is 0.287 e. The minimum absolute atomic E-state index is 0.0169. The maximum Gasteiger partial charge on any atom is 0.287 e. The number of benzene rings is 1. The van der Waals surface area contributed by atoms with Crippen LogP contribution in [-0.2, 0) is 0 Å². The maximum atomic E-state index is 10.6. The Balaban J connectivity index is 2.99. The summed E-state index contributed by atoms with van der Waals surface area (Å²) in [6.45, 7) is 2.15. The van der Waals surface area contributed by atoms with Crippen molar-refractivity contribution in [1.29, 1.82) is 0 Å². The third-order valence-corrected chi connectivity index (χ3v) is 2.60. The van der Waals surface area contributed by atoms with E-state index >= 15 is 0 Å². The molecule has 0 heterocycles. The molecule has 1 aromatic rings. The van der Waals surface area contributed by atoms with E-state index < -0.39 is 4.92 Å². The van der Waals surface area contributed by atoms with Crippen LogP contribution in [0.25, 0.3) is 0 Å². The van der Waals surface area contributed by atoms with E-state index in [-0.39, 0.29) is 11.8 Å². The second-order valence-electron chi connectivity index (χ2n) is 3.01. The van der Waals surface area contributed by atoms with Crippen LogP contribution in [0.15, 0.2) is 22.7 Å². The lowest BCUT2D eigenvalue weighted by Gasteiger charge is -2.13. The summed E-state index contributed by atoms with van der Waals surface area (Å²) in [4.78, 5) is 10.2. The largest absolute Gasteiger partial charge is 0.488 e. The zero-order valence-corrected chi connectivity index (χ0v) is 9.73. The molecule has 1 aromatic carbocycles. The summed E-state index contributed by atoms with van der Waals surface area (Å²) in [5.74, 6) is 0.433. The molecule has 1 unspecified atom stereocenters. The summed E-state index contributed by atoms with van der Waals surface area (Å²) in [7, 11) is 0. The maximum absolute atomic E-state index is 10.6. The summed E-state index contributed by atoms with van der Waals surface area (Å²) >= 11 is 3.13. The number of rotatable bonds is 4. The van der Waals surface area contributed by atoms with Crippen LogP contribution in [0.2, 0.25) is 0 Å². The number of halogens is 1. The molecule has 0 bridgehead atoms. The lowest BCUT2D eigenvalue weighted by atomic mass is 10.3. The third-order valence-electron chi connectivity index (χ3n) is 1.80. The normalized spacial score (nSPS) is 12.2. The van der Waals surface area contributed by atoms with E-state index in [1.54, 1.807) is 19.1 Å². The van der Waals surface area contributed by atoms with E-state index in [0.29, 0.717) is 16.8 Å². The fourth-order valence-electron chi connectivity index (χ4n) is 0.996. The number of nitro benzene ring substituents is 1. The summed E-state index contributed by atoms with van der Waals surface area (Å²) in [6.07, 6.45) is -0.177. The van der Waals surface area contributed by atoms with Crippen molar-refractivity contribution in [3.63, 3.8) is 0 Å². The van der Waals surface area contributed by atoms with Crippen molar-refractivity contribution in [3.8, 4) is 5.75 Å². The fraction of sp³-hybridized carbons (Fsp3) is 0.333. The molecular weight excluding hydrogens is 264 g/mol. The van der Waals surface area contributed by atoms with Crippen LogP contribution in [0.1, 0.15) is 6.92 Å². The zero-order valence-electron chi connectivity index (χ0n) is 8.14. The average Bonchev–Trinajstić information content (AvgIpc) is 2.20. The van der Waals surface area contributed by atoms with Crippen molar-refractivity contribution in [2.75, 3.05) is 6.54 Å². The van der Waals surface area contributed by atoms with Gasteiger partial charge in [0.25, 0.3) is 5.69 Å². The van der Waals surface area contributed by atoms with Gasteiger partial charge in [-0.3, -0.25) is 10.1 Å². The van der Waals surface area contributed by atoms with Crippen LogP contribution in [0.4, 0.5) is 5.69 Å². The first kappa shape index (κ1) is 11.9. The Hall–Kier alpha value is -1.14. The topological polar surface area (TPSA) is 78.4 Å². The molecule has 0 radical (unpaired) electrons. The predicted molar refractivity (Wildman–Crippen MR) is 59.9 cm³/mol. The molecule has 0 aliphatic rings. The molecule has 0 aliphatic heterocycles. The Morgan fingerprint density at radius 1 is 1.67 bits per heavy atom. The van der Waals surface area contributed by atoms with Gasteiger partial charge >= 0.3 is 0 Å². The minimum atomic E-state index is -0.468. The molecule has 0 saturated heterocycles. The Morgan fingerprint density at radius 3 is 2.87 bits per heavy atom. The van der Waals surface area contributed by atoms with Crippen molar-refractivity contribution in [2.24, 2.45) is 5.73 Å². The lowest BCUT2D eigenvalue weighted by molar-refractivity contribution is -0.385. The quantitative estimate of drug-likeness (QED) is 0.674. The Morgan fingerprint density at radius 2 is 2.33 bits per heavy atom. The van der Waals surface area contributed by atoms with Gasteiger partial charge in [0.15, 0.2) is 0 Å². The molecule has 0 amide bonds. The first-order valence-corrected chi connectivity index (χ1v) is 5.15. The number of hydrogen-bond acceptors (Lipinski definition) is 4. The van der Waals surface area contributed by atoms with E-state index in [4.69, 9.17) is 10.5 Å². The molecule has 0 spiro atoms. The third kappa shape index (κ3) is 2.90. The van der Waals surface area contributed by atoms with E-state index in [9.17, 15) is 10.1 Å². The Labute approximate surface area is 95.5 Å². The summed E-state index contributed by atoms with van der Waals surface area (Å²) in [6, 6.07) is 4.63. The lowest BCUT2D eigenvalue weighted by Crippen LogP contribution is -2.23. The molecule has 0 saturated carbocycles. The number of nitrogens with two attached hydrogens (primary N) is 1. The van der Waals surface area contributed by atoms with Crippen LogP contribution < -0.4 is 10.5 Å². The van der Waals surface area contributed by atoms with Gasteiger partial charge in [-0.15, -0.1) is 0 Å². The van der Waals surface area contributed by atoms with Gasteiger partial charge in [0.2, 0.25) is 0 Å². The second-order valence-corrected chi connectivity index (χ2v) is 3.80. The van der Waals surface area contributed by atoms with Gasteiger partial charge in [-0.1, -0.05) is 6.07 Å². The second kappa shape index (κ2) is 5.09. The average molecular weight is 275 g/mol. The zero-order chi connectivity index (χ0) is 11.4. The highest BCUT2D eigenvalue weighted by atomic mass is 79.9. The van der Waals surface area contributed by atoms with Crippen molar-refractivity contribution in [2.45, 2.75) is 13.0 Å². The summed E-state index contributed by atoms with van der Waals surface area (Å²) in [5, 5.41) is 10.6. The van der Waals surface area contributed by atoms with Crippen LogP contribution >= 0.6 is 15.9 Å². The molecule has 2 N–H and O–H groups in total. The van der Waals surface area contributed by atoms with Crippen molar-refractivity contribution in [1.82, 2.24) is 0 Å². The van der Waals surface area contributed by atoms with Gasteiger partial charge in [0.1, 0.15) is 16.3 Å². The number of nitro groups is 1. The van der Waals surface area contributed by atoms with Crippen LogP contribution in [0.5, 0.6) is 5.75 Å². The first-order chi connectivity index (χ1) is 7.06. The van der Waals surface area contributed by atoms with Gasteiger partial charge in [-0.25, -0.2) is 0 Å². The Kier molecular flexibility index (Phi) is 4.05. The van der Waals surface area contributed by atoms with Gasteiger partial charge in [-0.2, -0.15) is 0 Å². The molecule has 0 aromatic heterocycles. The molecular formula is C9H11BrN2O3. The molecule has 0 aliphatic carbocycles. The van der Waals surface area contributed by atoms with E-state index in [1.807, 2.05) is 0 Å². The highest BCUT2D eigenvalue weighted by molar-refractivity contribution is 9.10. The molecule has 0 fully saturated rings. The minimum Gasteiger partial charge on any atom is -0.488 e. The SMILES string of the molecule is CC(CN)Oc1cccc([N+](=O)[O-])c1Br. The van der Waals surface area contributed by atoms with Gasteiger partial charge in [0, 0.05) is 12.6 Å².